The number of benzene rings is 2. The van der Waals surface area contributed by atoms with Crippen LogP contribution < -0.4 is 19.1 Å². The maximum Gasteiger partial charge on any atom is 0.263 e. The molecule has 8 heteroatoms. The third kappa shape index (κ3) is 4.82. The molecular weight excluding hydrogens is 392 g/mol. The van der Waals surface area contributed by atoms with Gasteiger partial charge in [0.25, 0.3) is 5.91 Å². The lowest BCUT2D eigenvalue weighted by atomic mass is 10.1. The molecule has 7 nitrogen and oxygen atoms in total. The fourth-order valence-electron chi connectivity index (χ4n) is 3.17. The minimum Gasteiger partial charge on any atom is -0.491 e. The minimum absolute atomic E-state index is 0.0561. The van der Waals surface area contributed by atoms with Crippen LogP contribution in [-0.2, 0) is 14.8 Å². The minimum atomic E-state index is -3.52. The summed E-state index contributed by atoms with van der Waals surface area (Å²) in [5.74, 6) is 0.717. The number of hydrogen-bond donors (Lipinski definition) is 1. The van der Waals surface area contributed by atoms with Crippen molar-refractivity contribution in [3.8, 4) is 11.5 Å². The summed E-state index contributed by atoms with van der Waals surface area (Å²) in [6.45, 7) is 6.09. The summed E-state index contributed by atoms with van der Waals surface area (Å²) < 4.78 is 37.7. The van der Waals surface area contributed by atoms with E-state index in [9.17, 15) is 13.2 Å². The van der Waals surface area contributed by atoms with E-state index < -0.39 is 16.1 Å². The van der Waals surface area contributed by atoms with Crippen molar-refractivity contribution in [3.05, 3.63) is 53.6 Å². The average Bonchev–Trinajstić information content (AvgIpc) is 2.71. The van der Waals surface area contributed by atoms with Gasteiger partial charge >= 0.3 is 0 Å². The van der Waals surface area contributed by atoms with Crippen molar-refractivity contribution >= 4 is 21.6 Å². The summed E-state index contributed by atoms with van der Waals surface area (Å²) in [5, 5.41) is 2.76. The lowest BCUT2D eigenvalue weighted by molar-refractivity contribution is -0.127. The topological polar surface area (TPSA) is 84.9 Å². The molecular formula is C21H26N2O5S. The second-order valence-corrected chi connectivity index (χ2v) is 9.10. The molecule has 3 rings (SSSR count). The Morgan fingerprint density at radius 3 is 2.72 bits per heavy atom. The number of aryl methyl sites for hydroxylation is 2. The predicted molar refractivity (Wildman–Crippen MR) is 112 cm³/mol. The molecule has 0 bridgehead atoms. The molecule has 2 aromatic rings. The van der Waals surface area contributed by atoms with E-state index in [2.05, 4.69) is 5.32 Å². The van der Waals surface area contributed by atoms with Crippen LogP contribution in [0, 0.1) is 13.8 Å². The van der Waals surface area contributed by atoms with E-state index in [0.717, 1.165) is 16.9 Å². The number of rotatable bonds is 7. The molecule has 156 valence electrons. The second-order valence-electron chi connectivity index (χ2n) is 6.91. The molecule has 1 atom stereocenters. The quantitative estimate of drug-likeness (QED) is 0.698. The number of carbonyl (C=O) groups excluding carboxylic acids is 1. The van der Waals surface area contributed by atoms with Gasteiger partial charge in [0.1, 0.15) is 18.1 Å². The van der Waals surface area contributed by atoms with Crippen LogP contribution in [0.1, 0.15) is 18.1 Å². The molecule has 1 heterocycles. The van der Waals surface area contributed by atoms with Gasteiger partial charge in [0.05, 0.1) is 24.5 Å². The van der Waals surface area contributed by atoms with Crippen molar-refractivity contribution in [2.45, 2.75) is 26.9 Å². The SMILES string of the molecule is CCS(=O)(=O)N1C[C@H](C(=O)NCCOc2ccc(C)cc2C)Oc2ccccc21. The number of carbonyl (C=O) groups is 1. The average molecular weight is 419 g/mol. The molecule has 1 aliphatic heterocycles. The van der Waals surface area contributed by atoms with Gasteiger partial charge in [0, 0.05) is 0 Å². The first-order chi connectivity index (χ1) is 13.8. The maximum absolute atomic E-state index is 12.6. The summed E-state index contributed by atoms with van der Waals surface area (Å²) in [6, 6.07) is 12.7. The smallest absolute Gasteiger partial charge is 0.263 e. The number of nitrogens with one attached hydrogen (secondary N) is 1. The van der Waals surface area contributed by atoms with Gasteiger partial charge in [-0.2, -0.15) is 0 Å². The maximum atomic E-state index is 12.6. The van der Waals surface area contributed by atoms with E-state index in [1.165, 1.54) is 4.31 Å². The third-order valence-corrected chi connectivity index (χ3v) is 6.46. The zero-order valence-corrected chi connectivity index (χ0v) is 17.7. The second kappa shape index (κ2) is 8.73. The number of ether oxygens (including phenoxy) is 2. The van der Waals surface area contributed by atoms with Gasteiger partial charge in [-0.3, -0.25) is 9.10 Å². The summed E-state index contributed by atoms with van der Waals surface area (Å²) >= 11 is 0. The van der Waals surface area contributed by atoms with Crippen molar-refractivity contribution in [1.82, 2.24) is 5.32 Å². The van der Waals surface area contributed by atoms with E-state index in [-0.39, 0.29) is 24.7 Å². The van der Waals surface area contributed by atoms with Gasteiger partial charge in [-0.05, 0) is 44.5 Å². The predicted octanol–water partition coefficient (Wildman–Crippen LogP) is 2.42. The van der Waals surface area contributed by atoms with Crippen molar-refractivity contribution < 1.29 is 22.7 Å². The fourth-order valence-corrected chi connectivity index (χ4v) is 4.29. The van der Waals surface area contributed by atoms with Gasteiger partial charge in [0.2, 0.25) is 10.0 Å². The first-order valence-corrected chi connectivity index (χ1v) is 11.2. The molecule has 0 radical (unpaired) electrons. The Morgan fingerprint density at radius 2 is 2.00 bits per heavy atom. The summed E-state index contributed by atoms with van der Waals surface area (Å²) in [7, 11) is -3.52. The third-order valence-electron chi connectivity index (χ3n) is 4.72. The van der Waals surface area contributed by atoms with Gasteiger partial charge in [-0.25, -0.2) is 8.42 Å². The number of para-hydroxylation sites is 2. The largest absolute Gasteiger partial charge is 0.491 e. The first kappa shape index (κ1) is 21.0. The number of anilines is 1. The van der Waals surface area contributed by atoms with Crippen LogP contribution in [0.25, 0.3) is 0 Å². The highest BCUT2D eigenvalue weighted by Gasteiger charge is 2.35. The Bertz CT molecular complexity index is 990. The highest BCUT2D eigenvalue weighted by atomic mass is 32.2. The van der Waals surface area contributed by atoms with Crippen LogP contribution in [-0.4, -0.2) is 45.9 Å². The lowest BCUT2D eigenvalue weighted by Crippen LogP contribution is -2.51. The molecule has 1 N–H and O–H groups in total. The van der Waals surface area contributed by atoms with Crippen LogP contribution in [0.4, 0.5) is 5.69 Å². The summed E-state index contributed by atoms with van der Waals surface area (Å²) in [5.41, 5.74) is 2.64. The van der Waals surface area contributed by atoms with Gasteiger partial charge in [-0.15, -0.1) is 0 Å². The molecule has 0 saturated carbocycles. The molecule has 29 heavy (non-hydrogen) atoms. The van der Waals surface area contributed by atoms with Gasteiger partial charge < -0.3 is 14.8 Å². The van der Waals surface area contributed by atoms with E-state index in [1.807, 2.05) is 32.0 Å². The van der Waals surface area contributed by atoms with E-state index in [4.69, 9.17) is 9.47 Å². The standard InChI is InChI=1S/C21H26N2O5S/c1-4-29(25,26)23-14-20(28-19-8-6-5-7-17(19)23)21(24)22-11-12-27-18-10-9-15(2)13-16(18)3/h5-10,13,20H,4,11-12,14H2,1-3H3,(H,22,24)/t20-/m1/s1. The van der Waals surface area contributed by atoms with Crippen LogP contribution in [0.15, 0.2) is 42.5 Å². The number of amides is 1. The Labute approximate surface area is 171 Å². The Kier molecular flexibility index (Phi) is 6.32. The van der Waals surface area contributed by atoms with E-state index in [1.54, 1.807) is 31.2 Å². The van der Waals surface area contributed by atoms with Crippen molar-refractivity contribution in [1.29, 1.82) is 0 Å². The van der Waals surface area contributed by atoms with E-state index in [0.29, 0.717) is 18.0 Å². The Hall–Kier alpha value is -2.74. The van der Waals surface area contributed by atoms with Crippen LogP contribution in [0.5, 0.6) is 11.5 Å². The lowest BCUT2D eigenvalue weighted by Gasteiger charge is -2.34. The normalized spacial score (nSPS) is 16.0. The Morgan fingerprint density at radius 1 is 1.24 bits per heavy atom. The molecule has 0 spiro atoms. The number of hydrogen-bond acceptors (Lipinski definition) is 5. The molecule has 0 aromatic heterocycles. The van der Waals surface area contributed by atoms with Crippen molar-refractivity contribution in [2.75, 3.05) is 29.8 Å². The highest BCUT2D eigenvalue weighted by molar-refractivity contribution is 7.92. The molecule has 2 aromatic carbocycles. The van der Waals surface area contributed by atoms with Crippen molar-refractivity contribution in [3.63, 3.8) is 0 Å². The molecule has 0 aliphatic carbocycles. The zero-order valence-electron chi connectivity index (χ0n) is 16.8. The number of sulfonamides is 1. The van der Waals surface area contributed by atoms with Gasteiger partial charge in [-0.1, -0.05) is 29.8 Å². The van der Waals surface area contributed by atoms with Crippen LogP contribution in [0.3, 0.4) is 0 Å². The number of fused-ring (bicyclic) bond motifs is 1. The monoisotopic (exact) mass is 418 g/mol. The molecule has 1 amide bonds. The van der Waals surface area contributed by atoms with Crippen molar-refractivity contribution in [2.24, 2.45) is 0 Å². The summed E-state index contributed by atoms with van der Waals surface area (Å²) in [6.07, 6.45) is -0.924. The van der Waals surface area contributed by atoms with Gasteiger partial charge in [0.15, 0.2) is 6.10 Å². The van der Waals surface area contributed by atoms with E-state index >= 15 is 0 Å². The Balaban J connectivity index is 1.61. The molecule has 0 unspecified atom stereocenters. The first-order valence-electron chi connectivity index (χ1n) is 9.55. The van der Waals surface area contributed by atoms with Crippen LogP contribution >= 0.6 is 0 Å². The molecule has 1 aliphatic rings. The zero-order chi connectivity index (χ0) is 21.0. The molecule has 0 fully saturated rings. The van der Waals surface area contributed by atoms with Crippen LogP contribution in [0.2, 0.25) is 0 Å². The summed E-state index contributed by atoms with van der Waals surface area (Å²) in [4.78, 5) is 12.6. The molecule has 0 saturated heterocycles. The number of nitrogens with zero attached hydrogens (tertiary/aromatic N) is 1. The highest BCUT2D eigenvalue weighted by Crippen LogP contribution is 2.35. The fraction of sp³-hybridized carbons (Fsp3) is 0.381.